The molecular formula is C19H20FNO2S. The number of aromatic nitrogens is 1. The van der Waals surface area contributed by atoms with Gasteiger partial charge in [-0.15, -0.1) is 0 Å². The summed E-state index contributed by atoms with van der Waals surface area (Å²) in [6, 6.07) is 6.30. The Bertz CT molecular complexity index is 772. The van der Waals surface area contributed by atoms with E-state index in [1.807, 2.05) is 25.6 Å². The molecule has 0 aliphatic carbocycles. The van der Waals surface area contributed by atoms with E-state index in [2.05, 4.69) is 0 Å². The Kier molecular flexibility index (Phi) is 4.90. The average molecular weight is 345 g/mol. The Morgan fingerprint density at radius 3 is 2.62 bits per heavy atom. The number of halogens is 1. The van der Waals surface area contributed by atoms with Crippen molar-refractivity contribution in [1.29, 1.82) is 0 Å². The highest BCUT2D eigenvalue weighted by atomic mass is 32.2. The molecule has 2 heterocycles. The second kappa shape index (κ2) is 6.93. The number of methoxy groups -OCH3 is 1. The van der Waals surface area contributed by atoms with E-state index < -0.39 is 0 Å². The first-order valence-electron chi connectivity index (χ1n) is 8.00. The molecule has 0 saturated heterocycles. The van der Waals surface area contributed by atoms with E-state index in [4.69, 9.17) is 9.72 Å². The molecule has 2 aromatic rings. The molecule has 1 aliphatic heterocycles. The maximum atomic E-state index is 13.4. The van der Waals surface area contributed by atoms with E-state index in [-0.39, 0.29) is 17.7 Å². The van der Waals surface area contributed by atoms with Gasteiger partial charge in [-0.25, -0.2) is 9.18 Å². The van der Waals surface area contributed by atoms with Crippen LogP contribution < -0.4 is 0 Å². The van der Waals surface area contributed by atoms with Gasteiger partial charge in [0.25, 0.3) is 0 Å². The third kappa shape index (κ3) is 3.05. The number of nitrogens with zero attached hydrogens (tertiary/aromatic N) is 1. The molecule has 0 saturated carbocycles. The monoisotopic (exact) mass is 345 g/mol. The zero-order chi connectivity index (χ0) is 17.3. The standard InChI is InChI=1S/C19H20FNO2S/c1-11(2)18-17(19(22)23-3)16(12-4-6-13(20)7-5-12)14-10-24-9-8-15(14)21-18/h4-7,11H,8-10H2,1-3H3. The lowest BCUT2D eigenvalue weighted by Gasteiger charge is -2.24. The van der Waals surface area contributed by atoms with E-state index >= 15 is 0 Å². The first-order chi connectivity index (χ1) is 11.5. The number of esters is 1. The number of ether oxygens (including phenoxy) is 1. The Hall–Kier alpha value is -1.88. The number of hydrogen-bond acceptors (Lipinski definition) is 4. The predicted molar refractivity (Wildman–Crippen MR) is 94.9 cm³/mol. The predicted octanol–water partition coefficient (Wildman–Crippen LogP) is 4.59. The van der Waals surface area contributed by atoms with Crippen molar-refractivity contribution in [3.8, 4) is 11.1 Å². The largest absolute Gasteiger partial charge is 0.465 e. The topological polar surface area (TPSA) is 39.2 Å². The van der Waals surface area contributed by atoms with Crippen molar-refractivity contribution >= 4 is 17.7 Å². The Balaban J connectivity index is 2.35. The van der Waals surface area contributed by atoms with Crippen LogP contribution in [0.1, 0.15) is 47.1 Å². The second-order valence-corrected chi connectivity index (χ2v) is 7.23. The number of thioether (sulfide) groups is 1. The second-order valence-electron chi connectivity index (χ2n) is 6.13. The number of carbonyl (C=O) groups is 1. The highest BCUT2D eigenvalue weighted by Gasteiger charge is 2.28. The lowest BCUT2D eigenvalue weighted by atomic mass is 9.89. The highest BCUT2D eigenvalue weighted by Crippen LogP contribution is 2.38. The summed E-state index contributed by atoms with van der Waals surface area (Å²) in [5.41, 5.74) is 5.07. The summed E-state index contributed by atoms with van der Waals surface area (Å²) in [5, 5.41) is 0. The molecule has 0 atom stereocenters. The van der Waals surface area contributed by atoms with Crippen molar-refractivity contribution in [1.82, 2.24) is 4.98 Å². The summed E-state index contributed by atoms with van der Waals surface area (Å²) >= 11 is 1.83. The summed E-state index contributed by atoms with van der Waals surface area (Å²) in [6.45, 7) is 4.04. The van der Waals surface area contributed by atoms with Gasteiger partial charge in [-0.05, 0) is 41.4 Å². The van der Waals surface area contributed by atoms with Crippen LogP contribution in [-0.2, 0) is 16.9 Å². The van der Waals surface area contributed by atoms with Crippen LogP contribution in [0.5, 0.6) is 0 Å². The quantitative estimate of drug-likeness (QED) is 0.763. The minimum absolute atomic E-state index is 0.0955. The van der Waals surface area contributed by atoms with E-state index in [0.29, 0.717) is 5.56 Å². The van der Waals surface area contributed by atoms with Gasteiger partial charge >= 0.3 is 5.97 Å². The van der Waals surface area contributed by atoms with Crippen molar-refractivity contribution in [2.24, 2.45) is 0 Å². The summed E-state index contributed by atoms with van der Waals surface area (Å²) < 4.78 is 18.4. The molecule has 5 heteroatoms. The summed E-state index contributed by atoms with van der Waals surface area (Å²) in [6.07, 6.45) is 0.884. The molecule has 0 radical (unpaired) electrons. The van der Waals surface area contributed by atoms with E-state index in [1.54, 1.807) is 12.1 Å². The van der Waals surface area contributed by atoms with Crippen LogP contribution in [0.15, 0.2) is 24.3 Å². The van der Waals surface area contributed by atoms with Crippen LogP contribution in [0.3, 0.4) is 0 Å². The molecule has 126 valence electrons. The van der Waals surface area contributed by atoms with Crippen molar-refractivity contribution in [3.05, 3.63) is 52.6 Å². The molecule has 0 unspecified atom stereocenters. The van der Waals surface area contributed by atoms with E-state index in [1.165, 1.54) is 19.2 Å². The van der Waals surface area contributed by atoms with Gasteiger partial charge in [0, 0.05) is 17.0 Å². The van der Waals surface area contributed by atoms with Crippen LogP contribution in [0, 0.1) is 5.82 Å². The van der Waals surface area contributed by atoms with Gasteiger partial charge in [-0.2, -0.15) is 11.8 Å². The maximum absolute atomic E-state index is 13.4. The smallest absolute Gasteiger partial charge is 0.340 e. The fourth-order valence-electron chi connectivity index (χ4n) is 3.06. The van der Waals surface area contributed by atoms with E-state index in [9.17, 15) is 9.18 Å². The third-order valence-electron chi connectivity index (χ3n) is 4.21. The van der Waals surface area contributed by atoms with Gasteiger partial charge in [0.15, 0.2) is 0 Å². The lowest BCUT2D eigenvalue weighted by molar-refractivity contribution is 0.0599. The number of rotatable bonds is 3. The number of aryl methyl sites for hydroxylation is 1. The molecular weight excluding hydrogens is 325 g/mol. The Morgan fingerprint density at radius 1 is 1.29 bits per heavy atom. The molecule has 0 bridgehead atoms. The molecule has 0 N–H and O–H groups in total. The molecule has 24 heavy (non-hydrogen) atoms. The summed E-state index contributed by atoms with van der Waals surface area (Å²) in [4.78, 5) is 17.3. The zero-order valence-corrected chi connectivity index (χ0v) is 14.9. The third-order valence-corrected chi connectivity index (χ3v) is 5.20. The fraction of sp³-hybridized carbons (Fsp3) is 0.368. The van der Waals surface area contributed by atoms with Gasteiger partial charge in [-0.1, -0.05) is 26.0 Å². The van der Waals surface area contributed by atoms with Gasteiger partial charge in [0.05, 0.1) is 18.4 Å². The molecule has 1 aromatic carbocycles. The molecule has 1 aromatic heterocycles. The number of pyridine rings is 1. The number of fused-ring (bicyclic) bond motifs is 1. The molecule has 1 aliphatic rings. The van der Waals surface area contributed by atoms with Gasteiger partial charge in [-0.3, -0.25) is 4.98 Å². The van der Waals surface area contributed by atoms with Crippen LogP contribution in [-0.4, -0.2) is 23.8 Å². The van der Waals surface area contributed by atoms with Gasteiger partial charge in [0.2, 0.25) is 0 Å². The normalized spacial score (nSPS) is 13.7. The lowest BCUT2D eigenvalue weighted by Crippen LogP contribution is -2.18. The molecule has 3 nitrogen and oxygen atoms in total. The highest BCUT2D eigenvalue weighted by molar-refractivity contribution is 7.98. The Labute approximate surface area is 145 Å². The van der Waals surface area contributed by atoms with Crippen LogP contribution >= 0.6 is 11.8 Å². The van der Waals surface area contributed by atoms with Crippen LogP contribution in [0.4, 0.5) is 4.39 Å². The maximum Gasteiger partial charge on any atom is 0.340 e. The molecule has 0 spiro atoms. The summed E-state index contributed by atoms with van der Waals surface area (Å²) in [5.74, 6) is 1.25. The number of carbonyl (C=O) groups excluding carboxylic acids is 1. The zero-order valence-electron chi connectivity index (χ0n) is 14.1. The van der Waals surface area contributed by atoms with Gasteiger partial charge in [0.1, 0.15) is 5.82 Å². The SMILES string of the molecule is COC(=O)c1c(C(C)C)nc2c(c1-c1ccc(F)cc1)CSCC2. The van der Waals surface area contributed by atoms with Crippen LogP contribution in [0.2, 0.25) is 0 Å². The van der Waals surface area contributed by atoms with Crippen molar-refractivity contribution < 1.29 is 13.9 Å². The van der Waals surface area contributed by atoms with Gasteiger partial charge < -0.3 is 4.74 Å². The average Bonchev–Trinajstić information content (AvgIpc) is 2.60. The van der Waals surface area contributed by atoms with Crippen LogP contribution in [0.25, 0.3) is 11.1 Å². The fourth-order valence-corrected chi connectivity index (χ4v) is 4.06. The first kappa shape index (κ1) is 17.0. The molecule has 3 rings (SSSR count). The Morgan fingerprint density at radius 2 is 2.00 bits per heavy atom. The summed E-state index contributed by atoms with van der Waals surface area (Å²) in [7, 11) is 1.38. The number of hydrogen-bond donors (Lipinski definition) is 0. The minimum Gasteiger partial charge on any atom is -0.465 e. The number of benzene rings is 1. The first-order valence-corrected chi connectivity index (χ1v) is 9.16. The molecule has 0 amide bonds. The molecule has 0 fully saturated rings. The minimum atomic E-state index is -0.385. The van der Waals surface area contributed by atoms with Crippen molar-refractivity contribution in [3.63, 3.8) is 0 Å². The van der Waals surface area contributed by atoms with Crippen molar-refractivity contribution in [2.45, 2.75) is 31.9 Å². The van der Waals surface area contributed by atoms with Crippen molar-refractivity contribution in [2.75, 3.05) is 12.9 Å². The van der Waals surface area contributed by atoms with E-state index in [0.717, 1.165) is 46.0 Å².